The molecule has 1 unspecified atom stereocenters. The first kappa shape index (κ1) is 20.4. The van der Waals surface area contributed by atoms with Gasteiger partial charge in [0.1, 0.15) is 29.4 Å². The van der Waals surface area contributed by atoms with Crippen molar-refractivity contribution >= 4 is 29.2 Å². The van der Waals surface area contributed by atoms with Crippen molar-refractivity contribution in [3.63, 3.8) is 0 Å². The summed E-state index contributed by atoms with van der Waals surface area (Å²) >= 11 is 6.17. The fourth-order valence-corrected chi connectivity index (χ4v) is 3.54. The minimum atomic E-state index is -0.630. The highest BCUT2D eigenvalue weighted by Gasteiger charge is 2.27. The molecule has 1 aromatic rings. The van der Waals surface area contributed by atoms with Crippen LogP contribution in [0.3, 0.4) is 0 Å². The summed E-state index contributed by atoms with van der Waals surface area (Å²) in [6.07, 6.45) is 3.40. The highest BCUT2D eigenvalue weighted by Crippen LogP contribution is 2.26. The lowest BCUT2D eigenvalue weighted by atomic mass is 9.90. The van der Waals surface area contributed by atoms with Gasteiger partial charge in [-0.1, -0.05) is 11.6 Å². The number of rotatable bonds is 6. The summed E-state index contributed by atoms with van der Waals surface area (Å²) in [5.74, 6) is 0.798. The van der Waals surface area contributed by atoms with Gasteiger partial charge in [-0.3, -0.25) is 9.59 Å². The van der Waals surface area contributed by atoms with Crippen LogP contribution in [0.25, 0.3) is 0 Å². The SMILES string of the molecule is Cc1nc(N)c(CCC2CCN(C(=O)C(C)NC(=O)CO)CC2)c(Cl)n1. The van der Waals surface area contributed by atoms with Gasteiger partial charge in [0.25, 0.3) is 0 Å². The zero-order chi connectivity index (χ0) is 19.3. The van der Waals surface area contributed by atoms with Crippen molar-refractivity contribution in [3.8, 4) is 0 Å². The molecule has 2 amide bonds. The van der Waals surface area contributed by atoms with Crippen molar-refractivity contribution in [2.24, 2.45) is 5.92 Å². The molecule has 2 heterocycles. The fraction of sp³-hybridized carbons (Fsp3) is 0.647. The number of nitrogens with zero attached hydrogens (tertiary/aromatic N) is 3. The number of nitrogens with one attached hydrogen (secondary N) is 1. The van der Waals surface area contributed by atoms with Crippen LogP contribution in [0.1, 0.15) is 37.6 Å². The van der Waals surface area contributed by atoms with Gasteiger partial charge in [0, 0.05) is 18.7 Å². The average Bonchev–Trinajstić information content (AvgIpc) is 2.60. The molecule has 1 saturated heterocycles. The first-order valence-corrected chi connectivity index (χ1v) is 9.17. The summed E-state index contributed by atoms with van der Waals surface area (Å²) in [5, 5.41) is 11.6. The maximum absolute atomic E-state index is 12.3. The average molecular weight is 384 g/mol. The van der Waals surface area contributed by atoms with E-state index in [1.807, 2.05) is 0 Å². The molecule has 4 N–H and O–H groups in total. The predicted octanol–water partition coefficient (Wildman–Crippen LogP) is 0.689. The number of halogens is 1. The summed E-state index contributed by atoms with van der Waals surface area (Å²) in [4.78, 5) is 33.6. The van der Waals surface area contributed by atoms with Crippen LogP contribution in [0, 0.1) is 12.8 Å². The second kappa shape index (κ2) is 9.14. The van der Waals surface area contributed by atoms with Crippen molar-refractivity contribution in [2.45, 2.75) is 45.6 Å². The van der Waals surface area contributed by atoms with E-state index in [1.54, 1.807) is 18.7 Å². The third kappa shape index (κ3) is 5.28. The maximum atomic E-state index is 12.3. The summed E-state index contributed by atoms with van der Waals surface area (Å²) in [6, 6.07) is -0.630. The van der Waals surface area contributed by atoms with E-state index >= 15 is 0 Å². The number of hydrogen-bond donors (Lipinski definition) is 3. The Kier molecular flexibility index (Phi) is 7.16. The molecule has 0 aliphatic carbocycles. The predicted molar refractivity (Wildman–Crippen MR) is 98.5 cm³/mol. The number of hydrogen-bond acceptors (Lipinski definition) is 6. The van der Waals surface area contributed by atoms with E-state index in [0.29, 0.717) is 42.2 Å². The number of aliphatic hydroxyl groups excluding tert-OH is 1. The Morgan fingerprint density at radius 3 is 2.62 bits per heavy atom. The molecule has 0 bridgehead atoms. The first-order valence-electron chi connectivity index (χ1n) is 8.79. The van der Waals surface area contributed by atoms with E-state index < -0.39 is 18.6 Å². The quantitative estimate of drug-likeness (QED) is 0.621. The highest BCUT2D eigenvalue weighted by atomic mass is 35.5. The molecule has 144 valence electrons. The van der Waals surface area contributed by atoms with Crippen molar-refractivity contribution in [1.82, 2.24) is 20.2 Å². The Balaban J connectivity index is 1.82. The molecule has 9 heteroatoms. The van der Waals surface area contributed by atoms with Gasteiger partial charge in [0.15, 0.2) is 0 Å². The standard InChI is InChI=1S/C17H26ClN5O3/c1-10(20-14(25)9-24)17(26)23-7-5-12(6-8-23)3-4-13-15(18)21-11(2)22-16(13)19/h10,12,24H,3-9H2,1-2H3,(H,20,25)(H2,19,21,22). The Bertz CT molecular complexity index is 639. The van der Waals surface area contributed by atoms with Gasteiger partial charge in [-0.2, -0.15) is 0 Å². The van der Waals surface area contributed by atoms with Gasteiger partial charge in [-0.25, -0.2) is 9.97 Å². The number of carbonyl (C=O) groups excluding carboxylic acids is 2. The van der Waals surface area contributed by atoms with E-state index in [0.717, 1.165) is 24.8 Å². The van der Waals surface area contributed by atoms with Gasteiger partial charge in [-0.05, 0) is 45.4 Å². The Morgan fingerprint density at radius 2 is 2.04 bits per heavy atom. The zero-order valence-electron chi connectivity index (χ0n) is 15.2. The lowest BCUT2D eigenvalue weighted by molar-refractivity contribution is -0.137. The Morgan fingerprint density at radius 1 is 1.38 bits per heavy atom. The number of nitrogens with two attached hydrogens (primary N) is 1. The lowest BCUT2D eigenvalue weighted by Crippen LogP contribution is -2.49. The van der Waals surface area contributed by atoms with Crippen LogP contribution in [-0.2, 0) is 16.0 Å². The molecule has 0 aromatic carbocycles. The zero-order valence-corrected chi connectivity index (χ0v) is 15.9. The Labute approximate surface area is 158 Å². The number of aromatic nitrogens is 2. The number of piperidine rings is 1. The van der Waals surface area contributed by atoms with Gasteiger partial charge in [0.05, 0.1) is 0 Å². The van der Waals surface area contributed by atoms with Crippen LogP contribution < -0.4 is 11.1 Å². The molecule has 0 spiro atoms. The summed E-state index contributed by atoms with van der Waals surface area (Å²) < 4.78 is 0. The minimum Gasteiger partial charge on any atom is -0.387 e. The van der Waals surface area contributed by atoms with Gasteiger partial charge in [0.2, 0.25) is 11.8 Å². The molecule has 1 aliphatic heterocycles. The van der Waals surface area contributed by atoms with Crippen molar-refractivity contribution in [3.05, 3.63) is 16.5 Å². The molecule has 0 saturated carbocycles. The van der Waals surface area contributed by atoms with Crippen molar-refractivity contribution < 1.29 is 14.7 Å². The number of aryl methyl sites for hydroxylation is 1. The van der Waals surface area contributed by atoms with E-state index in [1.165, 1.54) is 0 Å². The second-order valence-electron chi connectivity index (χ2n) is 6.68. The molecule has 1 aromatic heterocycles. The van der Waals surface area contributed by atoms with Gasteiger partial charge in [-0.15, -0.1) is 0 Å². The lowest BCUT2D eigenvalue weighted by Gasteiger charge is -2.33. The fourth-order valence-electron chi connectivity index (χ4n) is 3.23. The number of aliphatic hydroxyl groups is 1. The third-order valence-corrected chi connectivity index (χ3v) is 5.03. The molecule has 1 fully saturated rings. The maximum Gasteiger partial charge on any atom is 0.246 e. The van der Waals surface area contributed by atoms with Crippen LogP contribution in [0.5, 0.6) is 0 Å². The van der Waals surface area contributed by atoms with Crippen LogP contribution >= 0.6 is 11.6 Å². The second-order valence-corrected chi connectivity index (χ2v) is 7.04. The number of nitrogen functional groups attached to an aromatic ring is 1. The Hall–Kier alpha value is -1.93. The highest BCUT2D eigenvalue weighted by molar-refractivity contribution is 6.30. The van der Waals surface area contributed by atoms with Crippen molar-refractivity contribution in [1.29, 1.82) is 0 Å². The smallest absolute Gasteiger partial charge is 0.246 e. The first-order chi connectivity index (χ1) is 12.3. The van der Waals surface area contributed by atoms with E-state index in [-0.39, 0.29) is 5.91 Å². The summed E-state index contributed by atoms with van der Waals surface area (Å²) in [7, 11) is 0. The molecule has 26 heavy (non-hydrogen) atoms. The molecule has 2 rings (SSSR count). The number of amides is 2. The largest absolute Gasteiger partial charge is 0.387 e. The van der Waals surface area contributed by atoms with E-state index in [9.17, 15) is 9.59 Å². The number of carbonyl (C=O) groups is 2. The third-order valence-electron chi connectivity index (χ3n) is 4.72. The summed E-state index contributed by atoms with van der Waals surface area (Å²) in [6.45, 7) is 4.06. The van der Waals surface area contributed by atoms with Crippen LogP contribution in [0.2, 0.25) is 5.15 Å². The van der Waals surface area contributed by atoms with Gasteiger partial charge >= 0.3 is 0 Å². The number of likely N-dealkylation sites (tertiary alicyclic amines) is 1. The molecule has 1 aliphatic rings. The molecule has 0 radical (unpaired) electrons. The normalized spacial score (nSPS) is 16.4. The van der Waals surface area contributed by atoms with E-state index in [4.69, 9.17) is 22.4 Å². The van der Waals surface area contributed by atoms with Gasteiger partial charge < -0.3 is 21.1 Å². The van der Waals surface area contributed by atoms with Crippen LogP contribution in [-0.4, -0.2) is 57.5 Å². The monoisotopic (exact) mass is 383 g/mol. The van der Waals surface area contributed by atoms with Crippen LogP contribution in [0.4, 0.5) is 5.82 Å². The van der Waals surface area contributed by atoms with Crippen LogP contribution in [0.15, 0.2) is 0 Å². The topological polar surface area (TPSA) is 121 Å². The molecule has 8 nitrogen and oxygen atoms in total. The molecular weight excluding hydrogens is 358 g/mol. The van der Waals surface area contributed by atoms with Crippen molar-refractivity contribution in [2.75, 3.05) is 25.4 Å². The number of anilines is 1. The summed E-state index contributed by atoms with van der Waals surface area (Å²) in [5.41, 5.74) is 6.73. The van der Waals surface area contributed by atoms with E-state index in [2.05, 4.69) is 15.3 Å². The molecule has 1 atom stereocenters. The molecular formula is C17H26ClN5O3. The minimum absolute atomic E-state index is 0.121.